The Morgan fingerprint density at radius 1 is 1.50 bits per heavy atom. The molecule has 0 aromatic heterocycles. The van der Waals surface area contributed by atoms with Crippen LogP contribution >= 0.6 is 0 Å². The molecule has 0 nitrogen and oxygen atoms in total. The van der Waals surface area contributed by atoms with Crippen LogP contribution in [0.25, 0.3) is 0 Å². The Kier molecular flexibility index (Phi) is 5.87. The zero-order valence-electron chi connectivity index (χ0n) is 8.46. The van der Waals surface area contributed by atoms with Gasteiger partial charge in [-0.05, 0) is 25.2 Å². The molecule has 66 valence electrons. The molecule has 0 N–H and O–H groups in total. The van der Waals surface area contributed by atoms with Crippen molar-refractivity contribution in [1.29, 1.82) is 0 Å². The molecule has 0 aromatic rings. The van der Waals surface area contributed by atoms with Crippen molar-refractivity contribution in [2.75, 3.05) is 0 Å². The highest BCUT2D eigenvalue weighted by molar-refractivity contribution is 6.11. The Labute approximate surface area is 78.2 Å². The molecule has 0 rings (SSSR count). The molecule has 0 amide bonds. The van der Waals surface area contributed by atoms with Gasteiger partial charge in [-0.15, -0.1) is 6.58 Å². The lowest BCUT2D eigenvalue weighted by Gasteiger charge is -2.24. The van der Waals surface area contributed by atoms with E-state index in [1.165, 1.54) is 0 Å². The monoisotopic (exact) mass is 162 g/mol. The van der Waals surface area contributed by atoms with Crippen LogP contribution in [0.5, 0.6) is 0 Å². The predicted octanol–water partition coefficient (Wildman–Crippen LogP) is 3.37. The van der Waals surface area contributed by atoms with Crippen LogP contribution in [-0.2, 0) is 0 Å². The molecule has 0 fully saturated rings. The summed E-state index contributed by atoms with van der Waals surface area (Å²) >= 11 is 0. The van der Waals surface area contributed by atoms with E-state index in [9.17, 15) is 0 Å². The van der Waals surface area contributed by atoms with Gasteiger partial charge in [-0.1, -0.05) is 37.9 Å². The molecular weight excluding hydrogens is 143 g/mol. The van der Waals surface area contributed by atoms with E-state index in [-0.39, 0.29) is 5.82 Å². The van der Waals surface area contributed by atoms with Crippen molar-refractivity contribution in [3.05, 3.63) is 24.8 Å². The van der Waals surface area contributed by atoms with Crippen LogP contribution in [0.3, 0.4) is 0 Å². The van der Waals surface area contributed by atoms with Crippen molar-refractivity contribution in [3.63, 3.8) is 0 Å². The second kappa shape index (κ2) is 6.10. The fraction of sp³-hybridized carbons (Fsp3) is 0.636. The fourth-order valence-electron chi connectivity index (χ4n) is 1.56. The van der Waals surface area contributed by atoms with Gasteiger partial charge < -0.3 is 0 Å². The lowest BCUT2D eigenvalue weighted by Crippen LogP contribution is -2.14. The smallest absolute Gasteiger partial charge is 0.0704 e. The molecule has 0 saturated carbocycles. The average molecular weight is 162 g/mol. The van der Waals surface area contributed by atoms with E-state index in [2.05, 4.69) is 25.7 Å². The Morgan fingerprint density at radius 2 is 2.08 bits per heavy atom. The van der Waals surface area contributed by atoms with Crippen molar-refractivity contribution in [2.24, 2.45) is 11.8 Å². The quantitative estimate of drug-likeness (QED) is 0.429. The third-order valence-electron chi connectivity index (χ3n) is 2.28. The van der Waals surface area contributed by atoms with Crippen molar-refractivity contribution >= 4 is 7.85 Å². The van der Waals surface area contributed by atoms with Gasteiger partial charge in [0.05, 0.1) is 7.85 Å². The second-order valence-corrected chi connectivity index (χ2v) is 3.27. The number of rotatable bonds is 5. The molecule has 0 aliphatic rings. The molecule has 3 atom stereocenters. The van der Waals surface area contributed by atoms with Gasteiger partial charge in [0.15, 0.2) is 0 Å². The normalized spacial score (nSPS) is 18.9. The maximum absolute atomic E-state index is 5.85. The van der Waals surface area contributed by atoms with E-state index >= 15 is 0 Å². The molecule has 0 spiro atoms. The number of hydrogen-bond donors (Lipinski definition) is 0. The summed E-state index contributed by atoms with van der Waals surface area (Å²) in [6, 6.07) is 0. The number of allylic oxidation sites excluding steroid dienone is 3. The van der Waals surface area contributed by atoms with Gasteiger partial charge in [-0.25, -0.2) is 0 Å². The lowest BCUT2D eigenvalue weighted by molar-refractivity contribution is 0.450. The van der Waals surface area contributed by atoms with Crippen molar-refractivity contribution < 1.29 is 0 Å². The minimum absolute atomic E-state index is 0.198. The van der Waals surface area contributed by atoms with Gasteiger partial charge >= 0.3 is 0 Å². The summed E-state index contributed by atoms with van der Waals surface area (Å²) in [5, 5.41) is 0. The summed E-state index contributed by atoms with van der Waals surface area (Å²) in [6.07, 6.45) is 7.41. The summed E-state index contributed by atoms with van der Waals surface area (Å²) in [6.45, 7) is 10.1. The topological polar surface area (TPSA) is 0 Å². The molecule has 0 aliphatic carbocycles. The molecule has 1 heteroatoms. The maximum atomic E-state index is 5.85. The molecule has 3 unspecified atom stereocenters. The summed E-state index contributed by atoms with van der Waals surface area (Å²) in [4.78, 5) is 0. The van der Waals surface area contributed by atoms with E-state index in [0.717, 1.165) is 6.42 Å². The first-order valence-corrected chi connectivity index (χ1v) is 4.68. The minimum Gasteiger partial charge on any atom is -0.103 e. The summed E-state index contributed by atoms with van der Waals surface area (Å²) in [5.41, 5.74) is 0. The first-order valence-electron chi connectivity index (χ1n) is 4.68. The van der Waals surface area contributed by atoms with E-state index < -0.39 is 0 Å². The second-order valence-electron chi connectivity index (χ2n) is 3.27. The third-order valence-corrected chi connectivity index (χ3v) is 2.28. The predicted molar refractivity (Wildman–Crippen MR) is 57.5 cm³/mol. The Balaban J connectivity index is 4.32. The molecule has 2 radical (unpaired) electrons. The standard InChI is InChI=1S/C11H19B/c1-5-8-10(6-2)11(7-3)9(4)12/h5,7-11H,3,6H2,1-2,4H3/b8-5+. The Bertz CT molecular complexity index is 147. The third kappa shape index (κ3) is 3.29. The van der Waals surface area contributed by atoms with Crippen LogP contribution in [0.2, 0.25) is 5.82 Å². The number of hydrogen-bond acceptors (Lipinski definition) is 0. The maximum Gasteiger partial charge on any atom is 0.0704 e. The van der Waals surface area contributed by atoms with E-state index in [0.29, 0.717) is 11.8 Å². The molecule has 12 heavy (non-hydrogen) atoms. The molecule has 0 bridgehead atoms. The van der Waals surface area contributed by atoms with Gasteiger partial charge in [0.2, 0.25) is 0 Å². The van der Waals surface area contributed by atoms with Crippen LogP contribution in [0.15, 0.2) is 24.8 Å². The van der Waals surface area contributed by atoms with Crippen LogP contribution in [0, 0.1) is 11.8 Å². The van der Waals surface area contributed by atoms with Gasteiger partial charge in [0.25, 0.3) is 0 Å². The van der Waals surface area contributed by atoms with Crippen molar-refractivity contribution in [2.45, 2.75) is 33.0 Å². The highest BCUT2D eigenvalue weighted by Crippen LogP contribution is 2.27. The van der Waals surface area contributed by atoms with Crippen LogP contribution < -0.4 is 0 Å². The first-order chi connectivity index (χ1) is 5.67. The molecule has 0 saturated heterocycles. The molecule has 0 aromatic carbocycles. The molecule has 0 heterocycles. The van der Waals surface area contributed by atoms with Gasteiger partial charge in [0, 0.05) is 0 Å². The van der Waals surface area contributed by atoms with E-state index in [4.69, 9.17) is 7.85 Å². The highest BCUT2D eigenvalue weighted by Gasteiger charge is 2.16. The van der Waals surface area contributed by atoms with Gasteiger partial charge in [-0.3, -0.25) is 0 Å². The summed E-state index contributed by atoms with van der Waals surface area (Å²) in [5.74, 6) is 1.15. The Hall–Kier alpha value is -0.455. The largest absolute Gasteiger partial charge is 0.103 e. The van der Waals surface area contributed by atoms with Crippen LogP contribution in [-0.4, -0.2) is 7.85 Å². The van der Waals surface area contributed by atoms with Crippen LogP contribution in [0.4, 0.5) is 0 Å². The molecular formula is C11H19B. The Morgan fingerprint density at radius 3 is 2.33 bits per heavy atom. The fourth-order valence-corrected chi connectivity index (χ4v) is 1.56. The van der Waals surface area contributed by atoms with Gasteiger partial charge in [-0.2, -0.15) is 0 Å². The van der Waals surface area contributed by atoms with Crippen LogP contribution in [0.1, 0.15) is 27.2 Å². The average Bonchev–Trinajstić information content (AvgIpc) is 2.03. The summed E-state index contributed by atoms with van der Waals surface area (Å²) in [7, 11) is 5.85. The zero-order chi connectivity index (χ0) is 9.56. The SMILES string of the molecule is [B]C(C)C(C=C)C(/C=C/C)CC. The summed E-state index contributed by atoms with van der Waals surface area (Å²) < 4.78 is 0. The lowest BCUT2D eigenvalue weighted by atomic mass is 9.71. The van der Waals surface area contributed by atoms with Gasteiger partial charge in [0.1, 0.15) is 0 Å². The van der Waals surface area contributed by atoms with Crippen molar-refractivity contribution in [3.8, 4) is 0 Å². The minimum atomic E-state index is 0.198. The zero-order valence-corrected chi connectivity index (χ0v) is 8.46. The highest BCUT2D eigenvalue weighted by atomic mass is 14.2. The van der Waals surface area contributed by atoms with E-state index in [1.807, 2.05) is 19.9 Å². The first kappa shape index (κ1) is 11.5. The molecule has 0 aliphatic heterocycles. The van der Waals surface area contributed by atoms with Crippen molar-refractivity contribution in [1.82, 2.24) is 0 Å². The van der Waals surface area contributed by atoms with E-state index in [1.54, 1.807) is 0 Å².